The fourth-order valence-corrected chi connectivity index (χ4v) is 3.47. The van der Waals surface area contributed by atoms with Crippen molar-refractivity contribution in [3.63, 3.8) is 0 Å². The van der Waals surface area contributed by atoms with Crippen LogP contribution in [-0.4, -0.2) is 67.2 Å². The van der Waals surface area contributed by atoms with Crippen LogP contribution in [0.5, 0.6) is 11.5 Å². The van der Waals surface area contributed by atoms with Crippen LogP contribution in [-0.2, 0) is 20.7 Å². The minimum Gasteiger partial charge on any atom is -0.454 e. The highest BCUT2D eigenvalue weighted by Gasteiger charge is 2.24. The van der Waals surface area contributed by atoms with Gasteiger partial charge in [0.15, 0.2) is 11.5 Å². The number of rotatable bonds is 9. The molecule has 0 aliphatic carbocycles. The number of carbonyl (C=O) groups excluding carboxylic acids is 2. The Morgan fingerprint density at radius 2 is 1.93 bits per heavy atom. The lowest BCUT2D eigenvalue weighted by Crippen LogP contribution is -2.42. The molecule has 1 aromatic rings. The monoisotopic (exact) mass is 406 g/mol. The molecule has 2 aliphatic rings. The number of hydrogen-bond acceptors (Lipinski definition) is 7. The molecule has 1 fully saturated rings. The molecule has 0 bridgehead atoms. The van der Waals surface area contributed by atoms with Crippen molar-refractivity contribution >= 4 is 12.1 Å². The summed E-state index contributed by atoms with van der Waals surface area (Å²) >= 11 is 0. The van der Waals surface area contributed by atoms with Crippen molar-refractivity contribution < 1.29 is 28.5 Å². The van der Waals surface area contributed by atoms with Crippen LogP contribution in [0.15, 0.2) is 18.2 Å². The average molecular weight is 406 g/mol. The van der Waals surface area contributed by atoms with Crippen molar-refractivity contribution in [2.45, 2.75) is 52.4 Å². The Morgan fingerprint density at radius 1 is 1.17 bits per heavy atom. The van der Waals surface area contributed by atoms with E-state index in [0.717, 1.165) is 30.2 Å². The van der Waals surface area contributed by atoms with E-state index < -0.39 is 12.4 Å². The summed E-state index contributed by atoms with van der Waals surface area (Å²) in [7, 11) is 0. The number of carbonyl (C=O) groups is 2. The van der Waals surface area contributed by atoms with E-state index in [2.05, 4.69) is 4.90 Å². The van der Waals surface area contributed by atoms with Gasteiger partial charge in [-0.05, 0) is 57.5 Å². The van der Waals surface area contributed by atoms with Crippen LogP contribution >= 0.6 is 0 Å². The van der Waals surface area contributed by atoms with Gasteiger partial charge in [0.25, 0.3) is 0 Å². The van der Waals surface area contributed by atoms with Crippen LogP contribution in [0.2, 0.25) is 0 Å². The average Bonchev–Trinajstić information content (AvgIpc) is 3.08. The molecule has 2 heterocycles. The molecule has 2 aliphatic heterocycles. The van der Waals surface area contributed by atoms with Gasteiger partial charge in [0.1, 0.15) is 0 Å². The Morgan fingerprint density at radius 3 is 2.62 bits per heavy atom. The largest absolute Gasteiger partial charge is 0.454 e. The summed E-state index contributed by atoms with van der Waals surface area (Å²) in [6.45, 7) is 8.88. The second-order valence-corrected chi connectivity index (χ2v) is 7.41. The van der Waals surface area contributed by atoms with Crippen molar-refractivity contribution in [1.29, 1.82) is 0 Å². The first kappa shape index (κ1) is 21.2. The fourth-order valence-electron chi connectivity index (χ4n) is 3.47. The molecule has 0 saturated carbocycles. The molecule has 29 heavy (non-hydrogen) atoms. The van der Waals surface area contributed by atoms with E-state index in [-0.39, 0.29) is 18.8 Å². The first-order chi connectivity index (χ1) is 14.0. The first-order valence-electron chi connectivity index (χ1n) is 10.2. The molecule has 1 amide bonds. The minimum absolute atomic E-state index is 0.0952. The highest BCUT2D eigenvalue weighted by atomic mass is 16.7. The molecule has 8 heteroatoms. The zero-order chi connectivity index (χ0) is 20.8. The Labute approximate surface area is 171 Å². The van der Waals surface area contributed by atoms with Crippen molar-refractivity contribution in [2.75, 3.05) is 33.0 Å². The summed E-state index contributed by atoms with van der Waals surface area (Å²) in [5.74, 6) is 1.10. The van der Waals surface area contributed by atoms with Crippen LogP contribution < -0.4 is 9.47 Å². The number of nitrogens with zero attached hydrogens (tertiary/aromatic N) is 2. The predicted octanol–water partition coefficient (Wildman–Crippen LogP) is 2.79. The third-order valence-electron chi connectivity index (χ3n) is 5.22. The third kappa shape index (κ3) is 5.76. The normalized spacial score (nSPS) is 17.2. The van der Waals surface area contributed by atoms with Crippen molar-refractivity contribution in [2.24, 2.45) is 0 Å². The van der Waals surface area contributed by atoms with Gasteiger partial charge < -0.3 is 28.7 Å². The lowest BCUT2D eigenvalue weighted by Gasteiger charge is -2.30. The van der Waals surface area contributed by atoms with E-state index in [9.17, 15) is 9.59 Å². The highest BCUT2D eigenvalue weighted by molar-refractivity contribution is 5.71. The van der Waals surface area contributed by atoms with E-state index in [1.54, 1.807) is 11.8 Å². The van der Waals surface area contributed by atoms with Crippen molar-refractivity contribution in [3.8, 4) is 11.5 Å². The van der Waals surface area contributed by atoms with Crippen molar-refractivity contribution in [3.05, 3.63) is 23.8 Å². The number of likely N-dealkylation sites (N-methyl/N-ethyl adjacent to an activating group) is 1. The zero-order valence-corrected chi connectivity index (χ0v) is 17.4. The topological polar surface area (TPSA) is 77.5 Å². The lowest BCUT2D eigenvalue weighted by atomic mass is 10.1. The van der Waals surface area contributed by atoms with Crippen LogP contribution in [0.4, 0.5) is 4.79 Å². The molecule has 0 radical (unpaired) electrons. The molecule has 0 aromatic heterocycles. The second-order valence-electron chi connectivity index (χ2n) is 7.41. The van der Waals surface area contributed by atoms with Gasteiger partial charge in [0.2, 0.25) is 13.1 Å². The molecular weight excluding hydrogens is 376 g/mol. The molecule has 0 spiro atoms. The molecule has 3 rings (SSSR count). The molecule has 2 atom stereocenters. The Hall–Kier alpha value is -2.48. The van der Waals surface area contributed by atoms with E-state index in [1.165, 1.54) is 6.42 Å². The highest BCUT2D eigenvalue weighted by Crippen LogP contribution is 2.33. The molecule has 160 valence electrons. The molecular formula is C21H30N2O6. The maximum absolute atomic E-state index is 12.6. The molecule has 0 N–H and O–H groups in total. The number of hydrogen-bond donors (Lipinski definition) is 0. The van der Waals surface area contributed by atoms with Gasteiger partial charge >= 0.3 is 12.1 Å². The van der Waals surface area contributed by atoms with Crippen LogP contribution in [0.25, 0.3) is 0 Å². The number of ether oxygens (including phenoxy) is 4. The second kappa shape index (κ2) is 9.82. The minimum atomic E-state index is -0.918. The van der Waals surface area contributed by atoms with Gasteiger partial charge in [0.05, 0.1) is 6.42 Å². The number of esters is 1. The summed E-state index contributed by atoms with van der Waals surface area (Å²) in [4.78, 5) is 28.3. The maximum atomic E-state index is 12.6. The quantitative estimate of drug-likeness (QED) is 0.461. The maximum Gasteiger partial charge on any atom is 0.413 e. The number of benzene rings is 1. The smallest absolute Gasteiger partial charge is 0.413 e. The zero-order valence-electron chi connectivity index (χ0n) is 17.4. The summed E-state index contributed by atoms with van der Waals surface area (Å²) in [6.07, 6.45) is 0.714. The molecule has 8 nitrogen and oxygen atoms in total. The Balaban J connectivity index is 1.46. The molecule has 1 aromatic carbocycles. The number of amides is 1. The van der Waals surface area contributed by atoms with Crippen LogP contribution in [0.3, 0.4) is 0 Å². The van der Waals surface area contributed by atoms with Crippen LogP contribution in [0.1, 0.15) is 39.2 Å². The van der Waals surface area contributed by atoms with Gasteiger partial charge in [-0.15, -0.1) is 0 Å². The predicted molar refractivity (Wildman–Crippen MR) is 106 cm³/mol. The van der Waals surface area contributed by atoms with E-state index in [4.69, 9.17) is 18.9 Å². The summed E-state index contributed by atoms with van der Waals surface area (Å²) < 4.78 is 21.3. The van der Waals surface area contributed by atoms with Gasteiger partial charge in [0, 0.05) is 26.1 Å². The molecule has 1 saturated heterocycles. The number of likely N-dealkylation sites (tertiary alicyclic amines) is 1. The van der Waals surface area contributed by atoms with E-state index >= 15 is 0 Å². The van der Waals surface area contributed by atoms with E-state index in [0.29, 0.717) is 25.9 Å². The fraction of sp³-hybridized carbons (Fsp3) is 0.619. The summed E-state index contributed by atoms with van der Waals surface area (Å²) in [5, 5.41) is 0. The van der Waals surface area contributed by atoms with Gasteiger partial charge in [-0.1, -0.05) is 6.07 Å². The summed E-state index contributed by atoms with van der Waals surface area (Å²) in [5.41, 5.74) is 1.04. The third-order valence-corrected chi connectivity index (χ3v) is 5.22. The first-order valence-corrected chi connectivity index (χ1v) is 10.2. The Kier molecular flexibility index (Phi) is 7.19. The Bertz CT molecular complexity index is 721. The standard InChI is InChI=1S/C21H30N2O6/c1-4-23(15(2)12-17-6-7-18-19(13-17)27-14-26-18)21(25)29-16(3)28-20(24)8-11-22-9-5-10-22/h6-7,13,15-16H,4-5,8-12,14H2,1-3H3. The van der Waals surface area contributed by atoms with Gasteiger partial charge in [-0.25, -0.2) is 4.79 Å². The van der Waals surface area contributed by atoms with Crippen molar-refractivity contribution in [1.82, 2.24) is 9.80 Å². The van der Waals surface area contributed by atoms with Gasteiger partial charge in [-0.2, -0.15) is 0 Å². The lowest BCUT2D eigenvalue weighted by molar-refractivity contribution is -0.166. The molecule has 2 unspecified atom stereocenters. The van der Waals surface area contributed by atoms with Crippen LogP contribution in [0, 0.1) is 0 Å². The SMILES string of the molecule is CCN(C(=O)OC(C)OC(=O)CCN1CCC1)C(C)Cc1ccc2c(c1)OCO2. The van der Waals surface area contributed by atoms with Gasteiger partial charge in [-0.3, -0.25) is 4.79 Å². The number of fused-ring (bicyclic) bond motifs is 1. The van der Waals surface area contributed by atoms with E-state index in [1.807, 2.05) is 32.0 Å². The summed E-state index contributed by atoms with van der Waals surface area (Å²) in [6, 6.07) is 5.68.